The van der Waals surface area contributed by atoms with Crippen LogP contribution in [0.5, 0.6) is 5.75 Å². The average Bonchev–Trinajstić information content (AvgIpc) is 3.25. The van der Waals surface area contributed by atoms with Crippen molar-refractivity contribution in [3.05, 3.63) is 66.7 Å². The predicted molar refractivity (Wildman–Crippen MR) is 112 cm³/mol. The van der Waals surface area contributed by atoms with Crippen molar-refractivity contribution >= 4 is 28.1 Å². The van der Waals surface area contributed by atoms with Crippen molar-refractivity contribution < 1.29 is 14.3 Å². The first-order valence-electron chi connectivity index (χ1n) is 9.63. The molecule has 0 bridgehead atoms. The van der Waals surface area contributed by atoms with Crippen LogP contribution >= 0.6 is 0 Å². The second-order valence-electron chi connectivity index (χ2n) is 6.93. The van der Waals surface area contributed by atoms with Gasteiger partial charge in [0, 0.05) is 18.0 Å². The van der Waals surface area contributed by atoms with Crippen molar-refractivity contribution in [2.24, 2.45) is 0 Å². The molecule has 1 fully saturated rings. The number of anilines is 2. The van der Waals surface area contributed by atoms with Gasteiger partial charge in [-0.2, -0.15) is 0 Å². The number of fused-ring (bicyclic) bond motifs is 1. The highest BCUT2D eigenvalue weighted by Gasteiger charge is 2.15. The van der Waals surface area contributed by atoms with Crippen LogP contribution in [-0.2, 0) is 9.53 Å². The second-order valence-corrected chi connectivity index (χ2v) is 6.93. The maximum atomic E-state index is 12.2. The quantitative estimate of drug-likeness (QED) is 0.640. The maximum Gasteiger partial charge on any atom is 0.243 e. The zero-order valence-electron chi connectivity index (χ0n) is 15.7. The van der Waals surface area contributed by atoms with Gasteiger partial charge in [-0.25, -0.2) is 0 Å². The Labute approximate surface area is 164 Å². The summed E-state index contributed by atoms with van der Waals surface area (Å²) in [4.78, 5) is 12.2. The van der Waals surface area contributed by atoms with Gasteiger partial charge in [0.2, 0.25) is 5.91 Å². The molecule has 1 heterocycles. The third-order valence-electron chi connectivity index (χ3n) is 4.80. The van der Waals surface area contributed by atoms with Gasteiger partial charge in [0.05, 0.1) is 12.6 Å². The lowest BCUT2D eigenvalue weighted by Gasteiger charge is -2.12. The maximum absolute atomic E-state index is 12.2. The molecule has 1 saturated heterocycles. The highest BCUT2D eigenvalue weighted by Crippen LogP contribution is 2.20. The molecule has 0 radical (unpaired) electrons. The van der Waals surface area contributed by atoms with Crippen molar-refractivity contribution in [3.63, 3.8) is 0 Å². The van der Waals surface area contributed by atoms with Gasteiger partial charge in [0.15, 0.2) is 0 Å². The molecular formula is C23H24N2O3. The fraction of sp³-hybridized carbons (Fsp3) is 0.261. The van der Waals surface area contributed by atoms with Gasteiger partial charge >= 0.3 is 0 Å². The fourth-order valence-corrected chi connectivity index (χ4v) is 3.29. The molecule has 0 aliphatic carbocycles. The normalized spacial score (nSPS) is 16.1. The van der Waals surface area contributed by atoms with E-state index in [0.29, 0.717) is 6.61 Å². The van der Waals surface area contributed by atoms with Gasteiger partial charge in [-0.15, -0.1) is 0 Å². The van der Waals surface area contributed by atoms with E-state index in [2.05, 4.69) is 16.7 Å². The largest absolute Gasteiger partial charge is 0.491 e. The molecule has 28 heavy (non-hydrogen) atoms. The Hall–Kier alpha value is -3.05. The third kappa shape index (κ3) is 4.81. The molecule has 1 aliphatic heterocycles. The molecule has 0 aromatic heterocycles. The molecular weight excluding hydrogens is 352 g/mol. The van der Waals surface area contributed by atoms with E-state index in [1.54, 1.807) is 0 Å². The number of rotatable bonds is 7. The van der Waals surface area contributed by atoms with Crippen LogP contribution in [0.15, 0.2) is 66.7 Å². The van der Waals surface area contributed by atoms with E-state index in [1.807, 2.05) is 60.7 Å². The summed E-state index contributed by atoms with van der Waals surface area (Å²) in [7, 11) is 0. The smallest absolute Gasteiger partial charge is 0.243 e. The summed E-state index contributed by atoms with van der Waals surface area (Å²) in [6.45, 7) is 1.61. The molecule has 5 heteroatoms. The lowest BCUT2D eigenvalue weighted by atomic mass is 10.1. The van der Waals surface area contributed by atoms with Gasteiger partial charge in [-0.05, 0) is 60.0 Å². The number of amides is 1. The van der Waals surface area contributed by atoms with E-state index < -0.39 is 0 Å². The first-order valence-corrected chi connectivity index (χ1v) is 9.63. The number of nitrogens with one attached hydrogen (secondary N) is 2. The minimum Gasteiger partial charge on any atom is -0.491 e. The third-order valence-corrected chi connectivity index (χ3v) is 4.80. The van der Waals surface area contributed by atoms with E-state index in [-0.39, 0.29) is 18.6 Å². The lowest BCUT2D eigenvalue weighted by molar-refractivity contribution is -0.114. The van der Waals surface area contributed by atoms with Gasteiger partial charge < -0.3 is 20.1 Å². The minimum atomic E-state index is -0.0889. The standard InChI is InChI=1S/C23H24N2O3/c26-23(25-20-8-7-17-4-1-2-5-18(17)14-20)15-24-19-9-11-21(12-10-19)28-16-22-6-3-13-27-22/h1-2,4-5,7-12,14,22,24H,3,6,13,15-16H2,(H,25,26). The van der Waals surface area contributed by atoms with Gasteiger partial charge in [-0.1, -0.05) is 30.3 Å². The van der Waals surface area contributed by atoms with Crippen LogP contribution in [0.25, 0.3) is 10.8 Å². The Morgan fingerprint density at radius 2 is 1.79 bits per heavy atom. The molecule has 3 aromatic rings. The van der Waals surface area contributed by atoms with Crippen molar-refractivity contribution in [1.29, 1.82) is 0 Å². The van der Waals surface area contributed by atoms with Crippen LogP contribution in [0.3, 0.4) is 0 Å². The summed E-state index contributed by atoms with van der Waals surface area (Å²) in [6.07, 6.45) is 2.38. The molecule has 1 atom stereocenters. The molecule has 1 aliphatic rings. The molecule has 0 saturated carbocycles. The second kappa shape index (κ2) is 8.76. The summed E-state index contributed by atoms with van der Waals surface area (Å²) in [5.74, 6) is 0.718. The average molecular weight is 376 g/mol. The number of ether oxygens (including phenoxy) is 2. The summed E-state index contributed by atoms with van der Waals surface area (Å²) < 4.78 is 11.3. The number of benzene rings is 3. The Kier molecular flexibility index (Phi) is 5.73. The molecule has 1 amide bonds. The van der Waals surface area contributed by atoms with Crippen LogP contribution in [0.2, 0.25) is 0 Å². The number of carbonyl (C=O) groups excluding carboxylic acids is 1. The molecule has 0 spiro atoms. The van der Waals surface area contributed by atoms with Crippen LogP contribution in [0.1, 0.15) is 12.8 Å². The molecule has 3 aromatic carbocycles. The van der Waals surface area contributed by atoms with Gasteiger partial charge in [-0.3, -0.25) is 4.79 Å². The Morgan fingerprint density at radius 1 is 1.00 bits per heavy atom. The first kappa shape index (κ1) is 18.3. The van der Waals surface area contributed by atoms with E-state index in [1.165, 1.54) is 0 Å². The lowest BCUT2D eigenvalue weighted by Crippen LogP contribution is -2.21. The molecule has 4 rings (SSSR count). The first-order chi connectivity index (χ1) is 13.8. The van der Waals surface area contributed by atoms with Crippen molar-refractivity contribution in [3.8, 4) is 5.75 Å². The van der Waals surface area contributed by atoms with E-state index in [9.17, 15) is 4.79 Å². The van der Waals surface area contributed by atoms with Gasteiger partial charge in [0.1, 0.15) is 12.4 Å². The van der Waals surface area contributed by atoms with Crippen molar-refractivity contribution in [2.75, 3.05) is 30.4 Å². The monoisotopic (exact) mass is 376 g/mol. The number of carbonyl (C=O) groups is 1. The van der Waals surface area contributed by atoms with Crippen LogP contribution in [-0.4, -0.2) is 31.8 Å². The van der Waals surface area contributed by atoms with E-state index in [4.69, 9.17) is 9.47 Å². The van der Waals surface area contributed by atoms with Crippen molar-refractivity contribution in [1.82, 2.24) is 0 Å². The fourth-order valence-electron chi connectivity index (χ4n) is 3.29. The van der Waals surface area contributed by atoms with E-state index >= 15 is 0 Å². The molecule has 144 valence electrons. The molecule has 1 unspecified atom stereocenters. The SMILES string of the molecule is O=C(CNc1ccc(OCC2CCCO2)cc1)Nc1ccc2ccccc2c1. The van der Waals surface area contributed by atoms with Gasteiger partial charge in [0.25, 0.3) is 0 Å². The Balaban J connectivity index is 1.25. The highest BCUT2D eigenvalue weighted by molar-refractivity contribution is 5.96. The highest BCUT2D eigenvalue weighted by atomic mass is 16.5. The zero-order chi connectivity index (χ0) is 19.2. The van der Waals surface area contributed by atoms with Crippen LogP contribution < -0.4 is 15.4 Å². The van der Waals surface area contributed by atoms with Crippen LogP contribution in [0, 0.1) is 0 Å². The molecule has 5 nitrogen and oxygen atoms in total. The summed E-state index contributed by atoms with van der Waals surface area (Å²) >= 11 is 0. The molecule has 2 N–H and O–H groups in total. The summed E-state index contributed by atoms with van der Waals surface area (Å²) in [5, 5.41) is 8.32. The van der Waals surface area contributed by atoms with E-state index in [0.717, 1.165) is 47.3 Å². The topological polar surface area (TPSA) is 59.6 Å². The zero-order valence-corrected chi connectivity index (χ0v) is 15.7. The summed E-state index contributed by atoms with van der Waals surface area (Å²) in [5.41, 5.74) is 1.67. The Bertz CT molecular complexity index is 934. The summed E-state index contributed by atoms with van der Waals surface area (Å²) in [6, 6.07) is 21.6. The predicted octanol–water partition coefficient (Wildman–Crippen LogP) is 4.45. The van der Waals surface area contributed by atoms with Crippen LogP contribution in [0.4, 0.5) is 11.4 Å². The number of hydrogen-bond donors (Lipinski definition) is 2. The van der Waals surface area contributed by atoms with Crippen molar-refractivity contribution in [2.45, 2.75) is 18.9 Å². The number of hydrogen-bond acceptors (Lipinski definition) is 4. The Morgan fingerprint density at radius 3 is 2.57 bits per heavy atom. The minimum absolute atomic E-state index is 0.0889.